The first-order chi connectivity index (χ1) is 16.8. The molecule has 1 amide bonds. The molecule has 180 valence electrons. The van der Waals surface area contributed by atoms with Gasteiger partial charge in [0.05, 0.1) is 31.4 Å². The van der Waals surface area contributed by atoms with E-state index in [-0.39, 0.29) is 23.4 Å². The number of ether oxygens (including phenoxy) is 2. The number of Topliss-reactive ketones (excluding diaryl/α,β-unsaturated/α-hetero) is 1. The Bertz CT molecular complexity index is 1270. The van der Waals surface area contributed by atoms with Crippen molar-refractivity contribution in [2.75, 3.05) is 14.2 Å². The van der Waals surface area contributed by atoms with E-state index in [0.29, 0.717) is 17.4 Å². The minimum absolute atomic E-state index is 0.00254. The van der Waals surface area contributed by atoms with Gasteiger partial charge in [0.2, 0.25) is 0 Å². The molecule has 1 aliphatic rings. The summed E-state index contributed by atoms with van der Waals surface area (Å²) in [7, 11) is 2.98. The molecule has 1 aliphatic heterocycles. The van der Waals surface area contributed by atoms with Gasteiger partial charge in [-0.2, -0.15) is 0 Å². The number of aliphatic hydroxyl groups is 1. The fourth-order valence-electron chi connectivity index (χ4n) is 4.29. The van der Waals surface area contributed by atoms with Crippen LogP contribution in [-0.4, -0.2) is 40.9 Å². The van der Waals surface area contributed by atoms with Gasteiger partial charge >= 0.3 is 0 Å². The number of carbonyl (C=O) groups excluding carboxylic acids is 2. The number of amides is 1. The third-order valence-corrected chi connectivity index (χ3v) is 6.20. The number of hydrogen-bond donors (Lipinski definition) is 1. The van der Waals surface area contributed by atoms with Crippen LogP contribution < -0.4 is 9.47 Å². The normalized spacial score (nSPS) is 17.2. The largest absolute Gasteiger partial charge is 0.507 e. The van der Waals surface area contributed by atoms with Crippen LogP contribution in [0.2, 0.25) is 0 Å². The first kappa shape index (κ1) is 24.0. The Morgan fingerprint density at radius 1 is 1.06 bits per heavy atom. The van der Waals surface area contributed by atoms with Gasteiger partial charge < -0.3 is 19.5 Å². The van der Waals surface area contributed by atoms with E-state index in [0.717, 1.165) is 16.7 Å². The molecular formula is C28H28N2O5. The number of pyridine rings is 1. The molecular weight excluding hydrogens is 444 g/mol. The van der Waals surface area contributed by atoms with Crippen LogP contribution >= 0.6 is 0 Å². The number of ketones is 1. The number of methoxy groups -OCH3 is 2. The van der Waals surface area contributed by atoms with Crippen LogP contribution in [0.5, 0.6) is 11.5 Å². The maximum Gasteiger partial charge on any atom is 0.295 e. The number of aliphatic hydroxyl groups excluding tert-OH is 1. The van der Waals surface area contributed by atoms with Crippen LogP contribution in [0.1, 0.15) is 48.1 Å². The summed E-state index contributed by atoms with van der Waals surface area (Å²) < 4.78 is 10.7. The SMILES string of the molecule is COc1ccc(OC)c(/C(O)=C2\C(=O)C(=O)N(Cc3cccnc3)C2c2ccc(C(C)C)cc2)c1. The number of aromatic nitrogens is 1. The maximum atomic E-state index is 13.3. The monoisotopic (exact) mass is 472 g/mol. The molecule has 1 saturated heterocycles. The summed E-state index contributed by atoms with van der Waals surface area (Å²) in [6.07, 6.45) is 3.30. The van der Waals surface area contributed by atoms with Crippen LogP contribution in [0.3, 0.4) is 0 Å². The molecule has 0 radical (unpaired) electrons. The van der Waals surface area contributed by atoms with Gasteiger partial charge in [0.1, 0.15) is 17.3 Å². The highest BCUT2D eigenvalue weighted by atomic mass is 16.5. The van der Waals surface area contributed by atoms with Crippen molar-refractivity contribution in [3.63, 3.8) is 0 Å². The molecule has 7 nitrogen and oxygen atoms in total. The fraction of sp³-hybridized carbons (Fsp3) is 0.250. The van der Waals surface area contributed by atoms with Gasteiger partial charge in [-0.15, -0.1) is 0 Å². The molecule has 1 fully saturated rings. The van der Waals surface area contributed by atoms with E-state index in [4.69, 9.17) is 9.47 Å². The van der Waals surface area contributed by atoms with E-state index in [9.17, 15) is 14.7 Å². The lowest BCUT2D eigenvalue weighted by Gasteiger charge is -2.26. The number of rotatable bonds is 7. The molecule has 2 heterocycles. The smallest absolute Gasteiger partial charge is 0.295 e. The molecule has 7 heteroatoms. The van der Waals surface area contributed by atoms with E-state index in [1.54, 1.807) is 36.7 Å². The molecule has 1 atom stereocenters. The lowest BCUT2D eigenvalue weighted by atomic mass is 9.93. The second kappa shape index (κ2) is 10.0. The Labute approximate surface area is 204 Å². The van der Waals surface area contributed by atoms with Crippen molar-refractivity contribution in [1.82, 2.24) is 9.88 Å². The highest BCUT2D eigenvalue weighted by molar-refractivity contribution is 6.46. The van der Waals surface area contributed by atoms with Gasteiger partial charge in [0.25, 0.3) is 11.7 Å². The van der Waals surface area contributed by atoms with Crippen LogP contribution in [0.25, 0.3) is 5.76 Å². The van der Waals surface area contributed by atoms with Crippen LogP contribution in [0.15, 0.2) is 72.6 Å². The molecule has 2 aromatic carbocycles. The van der Waals surface area contributed by atoms with Crippen molar-refractivity contribution >= 4 is 17.4 Å². The average Bonchev–Trinajstić information content (AvgIpc) is 3.13. The average molecular weight is 473 g/mol. The first-order valence-electron chi connectivity index (χ1n) is 11.3. The van der Waals surface area contributed by atoms with Gasteiger partial charge in [-0.05, 0) is 46.9 Å². The summed E-state index contributed by atoms with van der Waals surface area (Å²) in [5.41, 5.74) is 2.91. The van der Waals surface area contributed by atoms with Crippen LogP contribution in [0, 0.1) is 0 Å². The fourth-order valence-corrected chi connectivity index (χ4v) is 4.29. The zero-order valence-electron chi connectivity index (χ0n) is 20.2. The molecule has 1 N–H and O–H groups in total. The van der Waals surface area contributed by atoms with E-state index in [1.165, 1.54) is 19.1 Å². The summed E-state index contributed by atoms with van der Waals surface area (Å²) in [6, 6.07) is 15.5. The Hall–Kier alpha value is -4.13. The highest BCUT2D eigenvalue weighted by Crippen LogP contribution is 2.42. The van der Waals surface area contributed by atoms with Crippen molar-refractivity contribution < 1.29 is 24.2 Å². The quantitative estimate of drug-likeness (QED) is 0.301. The predicted molar refractivity (Wildman–Crippen MR) is 132 cm³/mol. The second-order valence-electron chi connectivity index (χ2n) is 8.68. The van der Waals surface area contributed by atoms with Crippen LogP contribution in [-0.2, 0) is 16.1 Å². The molecule has 0 spiro atoms. The van der Waals surface area contributed by atoms with Crippen molar-refractivity contribution in [3.8, 4) is 11.5 Å². The highest BCUT2D eigenvalue weighted by Gasteiger charge is 2.46. The molecule has 1 aromatic heterocycles. The summed E-state index contributed by atoms with van der Waals surface area (Å²) in [5, 5.41) is 11.4. The first-order valence-corrected chi connectivity index (χ1v) is 11.3. The third kappa shape index (κ3) is 4.62. The van der Waals surface area contributed by atoms with E-state index in [1.807, 2.05) is 30.3 Å². The van der Waals surface area contributed by atoms with E-state index < -0.39 is 17.7 Å². The topological polar surface area (TPSA) is 89.0 Å². The van der Waals surface area contributed by atoms with Crippen LogP contribution in [0.4, 0.5) is 0 Å². The molecule has 0 bridgehead atoms. The number of hydrogen-bond acceptors (Lipinski definition) is 6. The zero-order valence-corrected chi connectivity index (χ0v) is 20.2. The lowest BCUT2D eigenvalue weighted by molar-refractivity contribution is -0.140. The predicted octanol–water partition coefficient (Wildman–Crippen LogP) is 4.84. The number of nitrogens with zero attached hydrogens (tertiary/aromatic N) is 2. The number of benzene rings is 2. The molecule has 0 aliphatic carbocycles. The third-order valence-electron chi connectivity index (χ3n) is 6.20. The number of likely N-dealkylation sites (tertiary alicyclic amines) is 1. The van der Waals surface area contributed by atoms with Crippen molar-refractivity contribution in [3.05, 3.63) is 94.8 Å². The van der Waals surface area contributed by atoms with Gasteiger partial charge in [-0.25, -0.2) is 0 Å². The molecule has 1 unspecified atom stereocenters. The van der Waals surface area contributed by atoms with Crippen molar-refractivity contribution in [2.24, 2.45) is 0 Å². The Morgan fingerprint density at radius 3 is 2.40 bits per heavy atom. The number of carbonyl (C=O) groups is 2. The van der Waals surface area contributed by atoms with E-state index >= 15 is 0 Å². The minimum atomic E-state index is -0.785. The van der Waals surface area contributed by atoms with Crippen molar-refractivity contribution in [1.29, 1.82) is 0 Å². The summed E-state index contributed by atoms with van der Waals surface area (Å²) in [4.78, 5) is 32.2. The van der Waals surface area contributed by atoms with Gasteiger partial charge in [0.15, 0.2) is 0 Å². The lowest BCUT2D eigenvalue weighted by Crippen LogP contribution is -2.29. The Morgan fingerprint density at radius 2 is 1.80 bits per heavy atom. The Balaban J connectivity index is 1.90. The van der Waals surface area contributed by atoms with Gasteiger partial charge in [-0.1, -0.05) is 44.2 Å². The molecule has 0 saturated carbocycles. The minimum Gasteiger partial charge on any atom is -0.507 e. The zero-order chi connectivity index (χ0) is 25.1. The summed E-state index contributed by atoms with van der Waals surface area (Å²) in [5.74, 6) is -0.590. The summed E-state index contributed by atoms with van der Waals surface area (Å²) in [6.45, 7) is 4.36. The van der Waals surface area contributed by atoms with Gasteiger partial charge in [-0.3, -0.25) is 14.6 Å². The summed E-state index contributed by atoms with van der Waals surface area (Å²) >= 11 is 0. The van der Waals surface area contributed by atoms with Gasteiger partial charge in [0, 0.05) is 18.9 Å². The standard InChI is InChI=1S/C28H28N2O5/c1-17(2)19-7-9-20(10-8-19)25-24(26(31)22-14-21(34-3)11-12-23(22)35-4)27(32)28(33)30(25)16-18-6-5-13-29-15-18/h5-15,17,25,31H,16H2,1-4H3/b26-24+. The molecule has 4 rings (SSSR count). The molecule has 35 heavy (non-hydrogen) atoms. The maximum absolute atomic E-state index is 13.3. The molecule has 3 aromatic rings. The van der Waals surface area contributed by atoms with E-state index in [2.05, 4.69) is 18.8 Å². The second-order valence-corrected chi connectivity index (χ2v) is 8.68. The Kier molecular flexibility index (Phi) is 6.87. The van der Waals surface area contributed by atoms with Crippen molar-refractivity contribution in [2.45, 2.75) is 32.4 Å².